The number of fused-ring (bicyclic) bond motifs is 1. The van der Waals surface area contributed by atoms with Gasteiger partial charge < -0.3 is 5.73 Å². The molecule has 0 saturated carbocycles. The summed E-state index contributed by atoms with van der Waals surface area (Å²) in [5, 5.41) is 1.85. The van der Waals surface area contributed by atoms with Crippen molar-refractivity contribution in [2.24, 2.45) is 0 Å². The first-order valence-corrected chi connectivity index (χ1v) is 7.95. The van der Waals surface area contributed by atoms with Crippen molar-refractivity contribution >= 4 is 44.9 Å². The Bertz CT molecular complexity index is 527. The molecule has 2 nitrogen and oxygen atoms in total. The van der Waals surface area contributed by atoms with Crippen molar-refractivity contribution in [3.8, 4) is 0 Å². The second-order valence-electron chi connectivity index (χ2n) is 3.56. The van der Waals surface area contributed by atoms with Crippen LogP contribution in [-0.2, 0) is 4.79 Å². The molecule has 0 radical (unpaired) electrons. The SMILES string of the molecule is CC.CC.Cc1ccc2cccc(N)c2c1.O=C(Cl)CCl. The maximum Gasteiger partial charge on any atom is 0.236 e. The minimum Gasteiger partial charge on any atom is -0.398 e. The number of aryl methyl sites for hydroxylation is 1. The second-order valence-corrected chi connectivity index (χ2v) is 4.25. The Kier molecular flexibility index (Phi) is 14.4. The molecule has 0 aliphatic heterocycles. The van der Waals surface area contributed by atoms with E-state index in [2.05, 4.69) is 31.2 Å². The Morgan fingerprint density at radius 2 is 1.62 bits per heavy atom. The van der Waals surface area contributed by atoms with Crippen LogP contribution in [0.1, 0.15) is 33.3 Å². The molecule has 2 N–H and O–H groups in total. The van der Waals surface area contributed by atoms with Gasteiger partial charge >= 0.3 is 0 Å². The van der Waals surface area contributed by atoms with E-state index in [1.807, 2.05) is 39.8 Å². The molecule has 0 unspecified atom stereocenters. The fourth-order valence-corrected chi connectivity index (χ4v) is 1.41. The summed E-state index contributed by atoms with van der Waals surface area (Å²) in [7, 11) is 0. The van der Waals surface area contributed by atoms with E-state index in [0.717, 1.165) is 11.1 Å². The van der Waals surface area contributed by atoms with Crippen molar-refractivity contribution < 1.29 is 4.79 Å². The summed E-state index contributed by atoms with van der Waals surface area (Å²) in [5.41, 5.74) is 7.93. The van der Waals surface area contributed by atoms with Crippen LogP contribution in [0.25, 0.3) is 10.8 Å². The molecule has 0 heterocycles. The van der Waals surface area contributed by atoms with Gasteiger partial charge in [0.1, 0.15) is 0 Å². The summed E-state index contributed by atoms with van der Waals surface area (Å²) in [5.74, 6) is -0.0957. The zero-order valence-corrected chi connectivity index (χ0v) is 14.9. The van der Waals surface area contributed by atoms with Crippen LogP contribution in [0.15, 0.2) is 36.4 Å². The summed E-state index contributed by atoms with van der Waals surface area (Å²) < 4.78 is 0. The highest BCUT2D eigenvalue weighted by atomic mass is 35.5. The van der Waals surface area contributed by atoms with Gasteiger partial charge in [-0.1, -0.05) is 57.5 Å². The number of carbonyl (C=O) groups is 1. The minimum atomic E-state index is -0.508. The molecule has 0 aliphatic rings. The molecule has 0 amide bonds. The largest absolute Gasteiger partial charge is 0.398 e. The standard InChI is InChI=1S/C11H11N.C2H2Cl2O.2C2H6/c1-8-5-6-9-3-2-4-11(12)10(9)7-8;3-1-2(4)5;2*1-2/h2-7H,12H2,1H3;1H2;2*1-2H3. The highest BCUT2D eigenvalue weighted by Crippen LogP contribution is 2.21. The van der Waals surface area contributed by atoms with Crippen LogP contribution in [0, 0.1) is 6.92 Å². The topological polar surface area (TPSA) is 43.1 Å². The van der Waals surface area contributed by atoms with Gasteiger partial charge in [-0.3, -0.25) is 4.79 Å². The van der Waals surface area contributed by atoms with Crippen LogP contribution in [0.5, 0.6) is 0 Å². The molecule has 0 bridgehead atoms. The maximum absolute atomic E-state index is 9.45. The predicted molar refractivity (Wildman–Crippen MR) is 97.4 cm³/mol. The van der Waals surface area contributed by atoms with Crippen molar-refractivity contribution in [3.05, 3.63) is 42.0 Å². The molecule has 0 spiro atoms. The normalized spacial score (nSPS) is 8.33. The molecule has 2 rings (SSSR count). The smallest absolute Gasteiger partial charge is 0.236 e. The number of nitrogens with two attached hydrogens (primary N) is 1. The summed E-state index contributed by atoms with van der Waals surface area (Å²) in [4.78, 5) is 9.45. The highest BCUT2D eigenvalue weighted by molar-refractivity contribution is 6.67. The number of hydrogen-bond acceptors (Lipinski definition) is 2. The molecule has 0 fully saturated rings. The van der Waals surface area contributed by atoms with Gasteiger partial charge in [-0.2, -0.15) is 0 Å². The lowest BCUT2D eigenvalue weighted by atomic mass is 10.1. The molecule has 118 valence electrons. The first kappa shape index (κ1) is 22.0. The third-order valence-electron chi connectivity index (χ3n) is 2.18. The molecule has 0 aromatic heterocycles. The summed E-state index contributed by atoms with van der Waals surface area (Å²) in [6.45, 7) is 10.1. The summed E-state index contributed by atoms with van der Waals surface area (Å²) in [6.07, 6.45) is 0. The van der Waals surface area contributed by atoms with Gasteiger partial charge in [0, 0.05) is 11.1 Å². The van der Waals surface area contributed by atoms with E-state index in [9.17, 15) is 4.79 Å². The van der Waals surface area contributed by atoms with Crippen molar-refractivity contribution in [2.75, 3.05) is 11.6 Å². The maximum atomic E-state index is 9.45. The lowest BCUT2D eigenvalue weighted by Gasteiger charge is -2.01. The van der Waals surface area contributed by atoms with Crippen LogP contribution < -0.4 is 5.73 Å². The second kappa shape index (κ2) is 13.7. The van der Waals surface area contributed by atoms with Gasteiger partial charge in [0.05, 0.1) is 5.88 Å². The van der Waals surface area contributed by atoms with E-state index in [1.54, 1.807) is 0 Å². The van der Waals surface area contributed by atoms with E-state index in [0.29, 0.717) is 0 Å². The van der Waals surface area contributed by atoms with Crippen LogP contribution in [-0.4, -0.2) is 11.1 Å². The summed E-state index contributed by atoms with van der Waals surface area (Å²) in [6, 6.07) is 12.3. The van der Waals surface area contributed by atoms with Crippen LogP contribution in [0.3, 0.4) is 0 Å². The molecular weight excluding hydrogens is 305 g/mol. The average Bonchev–Trinajstić information content (AvgIpc) is 2.53. The molecule has 4 heteroatoms. The fourth-order valence-electron chi connectivity index (χ4n) is 1.41. The number of nitrogen functional groups attached to an aromatic ring is 1. The highest BCUT2D eigenvalue weighted by Gasteiger charge is 1.95. The Hall–Kier alpha value is -1.25. The zero-order chi connectivity index (χ0) is 16.8. The van der Waals surface area contributed by atoms with Gasteiger partial charge in [0.2, 0.25) is 5.24 Å². The van der Waals surface area contributed by atoms with E-state index < -0.39 is 5.24 Å². The number of benzene rings is 2. The number of hydrogen-bond donors (Lipinski definition) is 1. The van der Waals surface area contributed by atoms with Crippen LogP contribution in [0.2, 0.25) is 0 Å². The minimum absolute atomic E-state index is 0.0957. The molecular formula is C17H25Cl2NO. The van der Waals surface area contributed by atoms with Gasteiger partial charge in [0.25, 0.3) is 0 Å². The van der Waals surface area contributed by atoms with E-state index in [1.165, 1.54) is 10.9 Å². The van der Waals surface area contributed by atoms with Crippen molar-refractivity contribution in [1.29, 1.82) is 0 Å². The quantitative estimate of drug-likeness (QED) is 0.409. The lowest BCUT2D eigenvalue weighted by Crippen LogP contribution is -1.86. The zero-order valence-electron chi connectivity index (χ0n) is 13.4. The summed E-state index contributed by atoms with van der Waals surface area (Å²) >= 11 is 9.55. The van der Waals surface area contributed by atoms with Crippen molar-refractivity contribution in [2.45, 2.75) is 34.6 Å². The molecule has 2 aromatic carbocycles. The van der Waals surface area contributed by atoms with Crippen LogP contribution >= 0.6 is 23.2 Å². The van der Waals surface area contributed by atoms with Crippen molar-refractivity contribution in [3.63, 3.8) is 0 Å². The monoisotopic (exact) mass is 329 g/mol. The van der Waals surface area contributed by atoms with Gasteiger partial charge in [0.15, 0.2) is 0 Å². The number of anilines is 1. The molecule has 21 heavy (non-hydrogen) atoms. The first-order chi connectivity index (χ1) is 10.0. The van der Waals surface area contributed by atoms with E-state index >= 15 is 0 Å². The predicted octanol–water partition coefficient (Wildman–Crippen LogP) is 5.77. The molecule has 0 aliphatic carbocycles. The Balaban J connectivity index is 0. The first-order valence-electron chi connectivity index (χ1n) is 7.03. The number of carbonyl (C=O) groups excluding carboxylic acids is 1. The Morgan fingerprint density at radius 1 is 1.10 bits per heavy atom. The average molecular weight is 330 g/mol. The Labute approximate surface area is 138 Å². The van der Waals surface area contributed by atoms with Crippen molar-refractivity contribution in [1.82, 2.24) is 0 Å². The van der Waals surface area contributed by atoms with E-state index in [-0.39, 0.29) is 5.88 Å². The number of alkyl halides is 1. The number of halogens is 2. The molecule has 2 aromatic rings. The Morgan fingerprint density at radius 3 is 2.10 bits per heavy atom. The van der Waals surface area contributed by atoms with Gasteiger partial charge in [-0.05, 0) is 36.0 Å². The lowest BCUT2D eigenvalue weighted by molar-refractivity contribution is -0.109. The van der Waals surface area contributed by atoms with Gasteiger partial charge in [-0.15, -0.1) is 11.6 Å². The van der Waals surface area contributed by atoms with Crippen LogP contribution in [0.4, 0.5) is 5.69 Å². The van der Waals surface area contributed by atoms with E-state index in [4.69, 9.17) is 28.9 Å². The molecule has 0 atom stereocenters. The molecule has 0 saturated heterocycles. The fraction of sp³-hybridized carbons (Fsp3) is 0.353. The number of rotatable bonds is 1. The third kappa shape index (κ3) is 9.33. The third-order valence-corrected chi connectivity index (χ3v) is 2.69. The van der Waals surface area contributed by atoms with Gasteiger partial charge in [-0.25, -0.2) is 0 Å².